The molecular weight excluding hydrogens is 376 g/mol. The average molecular weight is 388 g/mol. The first kappa shape index (κ1) is 19.8. The molecule has 2 aromatic carbocycles. The highest BCUT2D eigenvalue weighted by Gasteiger charge is 2.39. The molecule has 25 heavy (non-hydrogen) atoms. The molecule has 0 aromatic heterocycles. The zero-order valence-corrected chi connectivity index (χ0v) is 14.3. The third-order valence-corrected chi connectivity index (χ3v) is 4.14. The minimum absolute atomic E-state index is 0.230. The fourth-order valence-electron chi connectivity index (χ4n) is 2.27. The normalized spacial score (nSPS) is 13.4. The molecule has 0 amide bonds. The smallest absolute Gasteiger partial charge is 0.327 e. The standard InChI is InChI=1S/C17H12BCl2F4N/c18-13-5-9(1-3-10(13)8-25)2-4-12(17(22,23)24)11-6-14(19)16(21)15(20)7-11/h1-7,12H,8,25H2/b4-2+. The number of nitrogens with two attached hydrogens (primary N) is 1. The highest BCUT2D eigenvalue weighted by Crippen LogP contribution is 2.39. The lowest BCUT2D eigenvalue weighted by molar-refractivity contribution is -0.139. The van der Waals surface area contributed by atoms with Crippen LogP contribution in [0, 0.1) is 5.82 Å². The summed E-state index contributed by atoms with van der Waals surface area (Å²) in [5, 5.41) is -0.941. The van der Waals surface area contributed by atoms with Gasteiger partial charge in [-0.1, -0.05) is 59.0 Å². The Balaban J connectivity index is 2.41. The van der Waals surface area contributed by atoms with E-state index in [0.717, 1.165) is 18.2 Å². The van der Waals surface area contributed by atoms with E-state index in [-0.39, 0.29) is 12.1 Å². The second-order valence-corrected chi connectivity index (χ2v) is 6.15. The van der Waals surface area contributed by atoms with Gasteiger partial charge in [0, 0.05) is 6.54 Å². The van der Waals surface area contributed by atoms with Gasteiger partial charge in [-0.3, -0.25) is 0 Å². The van der Waals surface area contributed by atoms with Gasteiger partial charge in [-0.2, -0.15) is 13.2 Å². The summed E-state index contributed by atoms with van der Waals surface area (Å²) in [7, 11) is 5.78. The van der Waals surface area contributed by atoms with Crippen LogP contribution in [0.2, 0.25) is 10.0 Å². The maximum absolute atomic E-state index is 13.5. The second-order valence-electron chi connectivity index (χ2n) is 5.34. The average Bonchev–Trinajstić information content (AvgIpc) is 2.51. The van der Waals surface area contributed by atoms with Gasteiger partial charge in [-0.25, -0.2) is 4.39 Å². The molecule has 0 aliphatic rings. The van der Waals surface area contributed by atoms with Crippen LogP contribution in [0.3, 0.4) is 0 Å². The summed E-state index contributed by atoms with van der Waals surface area (Å²) < 4.78 is 53.6. The van der Waals surface area contributed by atoms with E-state index in [1.807, 2.05) is 0 Å². The Hall–Kier alpha value is -1.50. The van der Waals surface area contributed by atoms with E-state index in [4.69, 9.17) is 36.8 Å². The molecule has 0 spiro atoms. The molecule has 0 saturated carbocycles. The van der Waals surface area contributed by atoms with Crippen LogP contribution in [-0.4, -0.2) is 14.0 Å². The Morgan fingerprint density at radius 1 is 1.12 bits per heavy atom. The van der Waals surface area contributed by atoms with Gasteiger partial charge in [0.25, 0.3) is 0 Å². The molecule has 2 radical (unpaired) electrons. The Morgan fingerprint density at radius 3 is 2.20 bits per heavy atom. The first-order valence-corrected chi connectivity index (χ1v) is 7.87. The number of hydrogen-bond acceptors (Lipinski definition) is 1. The number of rotatable bonds is 4. The molecule has 0 heterocycles. The van der Waals surface area contributed by atoms with Gasteiger partial charge in [0.05, 0.1) is 16.0 Å². The molecule has 0 aliphatic heterocycles. The van der Waals surface area contributed by atoms with E-state index in [2.05, 4.69) is 0 Å². The summed E-state index contributed by atoms with van der Waals surface area (Å²) in [6, 6.07) is 6.60. The van der Waals surface area contributed by atoms with Crippen molar-refractivity contribution in [2.75, 3.05) is 0 Å². The van der Waals surface area contributed by atoms with Gasteiger partial charge in [-0.15, -0.1) is 0 Å². The molecule has 130 valence electrons. The molecule has 2 N–H and O–H groups in total. The van der Waals surface area contributed by atoms with E-state index >= 15 is 0 Å². The molecule has 0 aliphatic carbocycles. The van der Waals surface area contributed by atoms with Crippen LogP contribution in [-0.2, 0) is 6.54 Å². The predicted molar refractivity (Wildman–Crippen MR) is 94.0 cm³/mol. The minimum atomic E-state index is -4.61. The molecule has 8 heteroatoms. The third kappa shape index (κ3) is 4.78. The molecule has 2 rings (SSSR count). The monoisotopic (exact) mass is 387 g/mol. The van der Waals surface area contributed by atoms with Gasteiger partial charge >= 0.3 is 6.18 Å². The summed E-state index contributed by atoms with van der Waals surface area (Å²) in [5.74, 6) is -2.96. The van der Waals surface area contributed by atoms with E-state index in [9.17, 15) is 17.6 Å². The zero-order chi connectivity index (χ0) is 18.8. The van der Waals surface area contributed by atoms with Gasteiger partial charge < -0.3 is 5.73 Å². The number of hydrogen-bond donors (Lipinski definition) is 1. The van der Waals surface area contributed by atoms with Crippen LogP contribution in [0.1, 0.15) is 22.6 Å². The fraction of sp³-hybridized carbons (Fsp3) is 0.176. The number of benzene rings is 2. The van der Waals surface area contributed by atoms with Gasteiger partial charge in [0.1, 0.15) is 7.85 Å². The fourth-order valence-corrected chi connectivity index (χ4v) is 2.78. The van der Waals surface area contributed by atoms with Crippen molar-refractivity contribution in [3.63, 3.8) is 0 Å². The van der Waals surface area contributed by atoms with Crippen LogP contribution >= 0.6 is 23.2 Å². The van der Waals surface area contributed by atoms with E-state index < -0.39 is 28.0 Å². The maximum Gasteiger partial charge on any atom is 0.399 e. The summed E-state index contributed by atoms with van der Waals surface area (Å²) in [4.78, 5) is 0. The molecular formula is C17H12BCl2F4N. The molecule has 0 bridgehead atoms. The Labute approximate surface area is 153 Å². The number of allylic oxidation sites excluding steroid dienone is 1. The highest BCUT2D eigenvalue weighted by atomic mass is 35.5. The lowest BCUT2D eigenvalue weighted by Gasteiger charge is -2.18. The highest BCUT2D eigenvalue weighted by molar-refractivity contribution is 6.35. The topological polar surface area (TPSA) is 26.0 Å². The van der Waals surface area contributed by atoms with Gasteiger partial charge in [-0.05, 0) is 28.8 Å². The summed E-state index contributed by atoms with van der Waals surface area (Å²) >= 11 is 11.2. The SMILES string of the molecule is [B]c1cc(/C=C/C(c2cc(Cl)c(F)c(Cl)c2)C(F)(F)F)ccc1CN. The quantitative estimate of drug-likeness (QED) is 0.457. The summed E-state index contributed by atoms with van der Waals surface area (Å²) in [6.07, 6.45) is -2.39. The predicted octanol–water partition coefficient (Wildman–Crippen LogP) is 4.74. The number of alkyl halides is 3. The van der Waals surface area contributed by atoms with Gasteiger partial charge in [0.15, 0.2) is 5.82 Å². The molecule has 1 unspecified atom stereocenters. The lowest BCUT2D eigenvalue weighted by Crippen LogP contribution is -2.19. The minimum Gasteiger partial charge on any atom is -0.327 e. The Morgan fingerprint density at radius 2 is 1.72 bits per heavy atom. The Kier molecular flexibility index (Phi) is 6.19. The molecule has 0 saturated heterocycles. The van der Waals surface area contributed by atoms with Crippen molar-refractivity contribution in [3.05, 3.63) is 69.0 Å². The van der Waals surface area contributed by atoms with Crippen LogP contribution in [0.25, 0.3) is 6.08 Å². The first-order valence-electron chi connectivity index (χ1n) is 7.11. The molecule has 2 aromatic rings. The van der Waals surface area contributed by atoms with Gasteiger partial charge in [0.2, 0.25) is 0 Å². The van der Waals surface area contributed by atoms with Crippen molar-refractivity contribution in [1.29, 1.82) is 0 Å². The van der Waals surface area contributed by atoms with Crippen molar-refractivity contribution >= 4 is 42.6 Å². The molecule has 1 nitrogen and oxygen atoms in total. The van der Waals surface area contributed by atoms with Crippen molar-refractivity contribution in [3.8, 4) is 0 Å². The van der Waals surface area contributed by atoms with Crippen molar-refractivity contribution in [2.24, 2.45) is 5.73 Å². The van der Waals surface area contributed by atoms with Crippen LogP contribution in [0.5, 0.6) is 0 Å². The Bertz CT molecular complexity index is 783. The van der Waals surface area contributed by atoms with Crippen LogP contribution in [0.4, 0.5) is 17.6 Å². The third-order valence-electron chi connectivity index (χ3n) is 3.59. The second kappa shape index (κ2) is 7.81. The van der Waals surface area contributed by atoms with Crippen molar-refractivity contribution in [1.82, 2.24) is 0 Å². The number of halogens is 6. The van der Waals surface area contributed by atoms with E-state index in [1.165, 1.54) is 12.1 Å². The molecule has 0 fully saturated rings. The van der Waals surface area contributed by atoms with E-state index in [1.54, 1.807) is 12.1 Å². The molecule has 1 atom stereocenters. The van der Waals surface area contributed by atoms with Crippen molar-refractivity contribution < 1.29 is 17.6 Å². The first-order chi connectivity index (χ1) is 11.6. The van der Waals surface area contributed by atoms with Crippen molar-refractivity contribution in [2.45, 2.75) is 18.6 Å². The lowest BCUT2D eigenvalue weighted by atomic mass is 9.88. The largest absolute Gasteiger partial charge is 0.399 e. The maximum atomic E-state index is 13.5. The summed E-state index contributed by atoms with van der Waals surface area (Å²) in [6.45, 7) is 0.230. The van der Waals surface area contributed by atoms with Crippen LogP contribution in [0.15, 0.2) is 36.4 Å². The van der Waals surface area contributed by atoms with E-state index in [0.29, 0.717) is 16.6 Å². The summed E-state index contributed by atoms with van der Waals surface area (Å²) in [5.41, 5.74) is 6.80. The zero-order valence-electron chi connectivity index (χ0n) is 12.7. The van der Waals surface area contributed by atoms with Crippen LogP contribution < -0.4 is 11.2 Å².